The summed E-state index contributed by atoms with van der Waals surface area (Å²) in [4.78, 5) is 34.1. The summed E-state index contributed by atoms with van der Waals surface area (Å²) in [7, 11) is 1.11. The lowest BCUT2D eigenvalue weighted by atomic mass is 10.2. The number of alkyl halides is 3. The third kappa shape index (κ3) is 5.43. The highest BCUT2D eigenvalue weighted by atomic mass is 19.4. The fourth-order valence-corrected chi connectivity index (χ4v) is 2.27. The number of rotatable bonds is 6. The van der Waals surface area contributed by atoms with Crippen LogP contribution < -0.4 is 10.1 Å². The number of nitro groups is 1. The van der Waals surface area contributed by atoms with E-state index in [1.54, 1.807) is 0 Å². The predicted molar refractivity (Wildman–Crippen MR) is 94.6 cm³/mol. The van der Waals surface area contributed by atoms with Gasteiger partial charge in [-0.15, -0.1) is 0 Å². The molecule has 0 radical (unpaired) electrons. The lowest BCUT2D eigenvalue weighted by molar-refractivity contribution is -0.386. The molecule has 0 aliphatic carbocycles. The number of halogens is 3. The highest BCUT2D eigenvalue weighted by Gasteiger charge is 2.31. The van der Waals surface area contributed by atoms with Gasteiger partial charge < -0.3 is 14.8 Å². The van der Waals surface area contributed by atoms with Gasteiger partial charge in [0, 0.05) is 11.8 Å². The van der Waals surface area contributed by atoms with Gasteiger partial charge in [0.15, 0.2) is 11.9 Å². The predicted octanol–water partition coefficient (Wildman–Crippen LogP) is 3.81. The Labute approximate surface area is 162 Å². The van der Waals surface area contributed by atoms with E-state index in [0.717, 1.165) is 37.4 Å². The Bertz CT molecular complexity index is 945. The van der Waals surface area contributed by atoms with Crippen LogP contribution in [0, 0.1) is 10.1 Å². The zero-order valence-corrected chi connectivity index (χ0v) is 15.1. The molecule has 2 rings (SSSR count). The maximum absolute atomic E-state index is 12.8. The van der Waals surface area contributed by atoms with E-state index in [0.29, 0.717) is 0 Å². The Morgan fingerprint density at radius 1 is 1.17 bits per heavy atom. The summed E-state index contributed by atoms with van der Waals surface area (Å²) in [6, 6.07) is 7.25. The molecule has 1 atom stereocenters. The molecule has 11 heteroatoms. The van der Waals surface area contributed by atoms with E-state index in [2.05, 4.69) is 10.1 Å². The van der Waals surface area contributed by atoms with Crippen molar-refractivity contribution in [1.82, 2.24) is 0 Å². The summed E-state index contributed by atoms with van der Waals surface area (Å²) in [5.41, 5.74) is -1.73. The molecule has 0 unspecified atom stereocenters. The quantitative estimate of drug-likeness (QED) is 0.439. The van der Waals surface area contributed by atoms with E-state index in [1.165, 1.54) is 19.1 Å². The molecule has 0 aliphatic rings. The number of benzene rings is 2. The van der Waals surface area contributed by atoms with Crippen LogP contribution >= 0.6 is 0 Å². The van der Waals surface area contributed by atoms with Crippen molar-refractivity contribution in [1.29, 1.82) is 0 Å². The first-order chi connectivity index (χ1) is 13.5. The highest BCUT2D eigenvalue weighted by molar-refractivity contribution is 5.94. The van der Waals surface area contributed by atoms with Crippen LogP contribution in [0.3, 0.4) is 0 Å². The summed E-state index contributed by atoms with van der Waals surface area (Å²) in [5.74, 6) is -1.92. The number of hydrogen-bond donors (Lipinski definition) is 1. The first-order valence-electron chi connectivity index (χ1n) is 8.04. The van der Waals surface area contributed by atoms with Crippen LogP contribution in [0.15, 0.2) is 42.5 Å². The number of nitrogens with zero attached hydrogens (tertiary/aromatic N) is 1. The molecule has 154 valence electrons. The molecule has 1 amide bonds. The van der Waals surface area contributed by atoms with Gasteiger partial charge in [-0.05, 0) is 37.3 Å². The molecule has 0 bridgehead atoms. The molecule has 2 aromatic rings. The third-order valence-electron chi connectivity index (χ3n) is 3.71. The van der Waals surface area contributed by atoms with Crippen LogP contribution in [0.1, 0.15) is 22.8 Å². The molecule has 2 aromatic carbocycles. The van der Waals surface area contributed by atoms with Crippen LogP contribution in [0.25, 0.3) is 0 Å². The van der Waals surface area contributed by atoms with Crippen molar-refractivity contribution in [2.75, 3.05) is 12.4 Å². The SMILES string of the molecule is COC(=O)c1ccc(O[C@@H](C)C(=O)Nc2cccc(C(F)(F)F)c2)c([N+](=O)[O-])c1. The summed E-state index contributed by atoms with van der Waals surface area (Å²) < 4.78 is 48.0. The van der Waals surface area contributed by atoms with Crippen LogP contribution in [-0.4, -0.2) is 30.0 Å². The van der Waals surface area contributed by atoms with E-state index in [4.69, 9.17) is 4.74 Å². The summed E-state index contributed by atoms with van der Waals surface area (Å²) >= 11 is 0. The Kier molecular flexibility index (Phi) is 6.42. The monoisotopic (exact) mass is 412 g/mol. The molecule has 0 aromatic heterocycles. The van der Waals surface area contributed by atoms with Crippen molar-refractivity contribution in [2.45, 2.75) is 19.2 Å². The van der Waals surface area contributed by atoms with Gasteiger partial charge in [-0.1, -0.05) is 6.07 Å². The fourth-order valence-electron chi connectivity index (χ4n) is 2.27. The van der Waals surface area contributed by atoms with Gasteiger partial charge in [-0.3, -0.25) is 14.9 Å². The van der Waals surface area contributed by atoms with Gasteiger partial charge in [0.25, 0.3) is 5.91 Å². The molecular weight excluding hydrogens is 397 g/mol. The number of anilines is 1. The minimum Gasteiger partial charge on any atom is -0.474 e. The zero-order chi connectivity index (χ0) is 21.8. The average Bonchev–Trinajstić information content (AvgIpc) is 2.66. The number of carbonyl (C=O) groups is 2. The van der Waals surface area contributed by atoms with Gasteiger partial charge >= 0.3 is 17.8 Å². The van der Waals surface area contributed by atoms with E-state index < -0.39 is 40.3 Å². The van der Waals surface area contributed by atoms with E-state index in [9.17, 15) is 32.9 Å². The molecule has 8 nitrogen and oxygen atoms in total. The number of methoxy groups -OCH3 is 1. The first-order valence-corrected chi connectivity index (χ1v) is 8.04. The molecule has 0 saturated carbocycles. The Morgan fingerprint density at radius 3 is 2.45 bits per heavy atom. The van der Waals surface area contributed by atoms with E-state index in [1.807, 2.05) is 0 Å². The van der Waals surface area contributed by atoms with E-state index >= 15 is 0 Å². The second kappa shape index (κ2) is 8.59. The number of nitrogens with one attached hydrogen (secondary N) is 1. The molecule has 0 spiro atoms. The fraction of sp³-hybridized carbons (Fsp3) is 0.222. The third-order valence-corrected chi connectivity index (χ3v) is 3.71. The lowest BCUT2D eigenvalue weighted by Crippen LogP contribution is -2.30. The molecule has 1 N–H and O–H groups in total. The standard InChI is InChI=1S/C18H15F3N2O6/c1-10(16(24)22-13-5-3-4-12(9-13)18(19,20)21)29-15-7-6-11(17(25)28-2)8-14(15)23(26)27/h3-10H,1-2H3,(H,22,24)/t10-/m0/s1. The largest absolute Gasteiger partial charge is 0.474 e. The summed E-state index contributed by atoms with van der Waals surface area (Å²) in [6.45, 7) is 1.26. The molecule has 0 fully saturated rings. The Hall–Kier alpha value is -3.63. The van der Waals surface area contributed by atoms with Gasteiger partial charge in [0.2, 0.25) is 0 Å². The Morgan fingerprint density at radius 2 is 1.86 bits per heavy atom. The normalized spacial score (nSPS) is 12.0. The molecule has 0 aliphatic heterocycles. The van der Waals surface area contributed by atoms with Gasteiger partial charge in [-0.2, -0.15) is 13.2 Å². The second-order valence-corrected chi connectivity index (χ2v) is 5.76. The number of amides is 1. The van der Waals surface area contributed by atoms with E-state index in [-0.39, 0.29) is 17.0 Å². The number of ether oxygens (including phenoxy) is 2. The number of carbonyl (C=O) groups excluding carboxylic acids is 2. The maximum Gasteiger partial charge on any atom is 0.416 e. The first kappa shape index (κ1) is 21.7. The van der Waals surface area contributed by atoms with Gasteiger partial charge in [0.1, 0.15) is 0 Å². The summed E-state index contributed by atoms with van der Waals surface area (Å²) in [6.07, 6.45) is -5.86. The highest BCUT2D eigenvalue weighted by Crippen LogP contribution is 2.31. The summed E-state index contributed by atoms with van der Waals surface area (Å²) in [5, 5.41) is 13.5. The smallest absolute Gasteiger partial charge is 0.416 e. The number of hydrogen-bond acceptors (Lipinski definition) is 6. The van der Waals surface area contributed by atoms with Crippen LogP contribution in [-0.2, 0) is 15.7 Å². The number of nitro benzene ring substituents is 1. The van der Waals surface area contributed by atoms with Crippen LogP contribution in [0.2, 0.25) is 0 Å². The maximum atomic E-state index is 12.8. The van der Waals surface area contributed by atoms with Crippen molar-refractivity contribution in [2.24, 2.45) is 0 Å². The Balaban J connectivity index is 2.17. The average molecular weight is 412 g/mol. The number of esters is 1. The molecule has 29 heavy (non-hydrogen) atoms. The minimum absolute atomic E-state index is 0.0902. The van der Waals surface area contributed by atoms with Crippen molar-refractivity contribution in [3.05, 3.63) is 63.7 Å². The van der Waals surface area contributed by atoms with Crippen LogP contribution in [0.4, 0.5) is 24.5 Å². The topological polar surface area (TPSA) is 108 Å². The van der Waals surface area contributed by atoms with Crippen molar-refractivity contribution < 1.29 is 37.2 Å². The van der Waals surface area contributed by atoms with Crippen LogP contribution in [0.5, 0.6) is 5.75 Å². The second-order valence-electron chi connectivity index (χ2n) is 5.76. The van der Waals surface area contributed by atoms with Crippen molar-refractivity contribution in [3.8, 4) is 5.75 Å². The molecule has 0 heterocycles. The van der Waals surface area contributed by atoms with Gasteiger partial charge in [-0.25, -0.2) is 4.79 Å². The van der Waals surface area contributed by atoms with Gasteiger partial charge in [0.05, 0.1) is 23.2 Å². The zero-order valence-electron chi connectivity index (χ0n) is 15.1. The molecular formula is C18H15F3N2O6. The lowest BCUT2D eigenvalue weighted by Gasteiger charge is -2.16. The minimum atomic E-state index is -4.58. The van der Waals surface area contributed by atoms with Crippen molar-refractivity contribution in [3.63, 3.8) is 0 Å². The van der Waals surface area contributed by atoms with Crippen molar-refractivity contribution >= 4 is 23.3 Å². The molecule has 0 saturated heterocycles.